The Balaban J connectivity index is 1.72. The average Bonchev–Trinajstić information content (AvgIpc) is 3.23. The Morgan fingerprint density at radius 1 is 0.963 bits per heavy atom. The molecule has 2 aliphatic heterocycles. The third-order valence-corrected chi connectivity index (χ3v) is 7.59. The zero-order valence-corrected chi connectivity index (χ0v) is 16.7. The fourth-order valence-electron chi connectivity index (χ4n) is 4.21. The van der Waals surface area contributed by atoms with Crippen molar-refractivity contribution in [2.45, 2.75) is 50.0 Å². The number of aromatic nitrogens is 1. The summed E-state index contributed by atoms with van der Waals surface area (Å²) >= 11 is 0. The minimum absolute atomic E-state index is 0.144. The van der Waals surface area contributed by atoms with Gasteiger partial charge in [0.2, 0.25) is 10.0 Å². The molecule has 2 fully saturated rings. The van der Waals surface area contributed by atoms with Crippen molar-refractivity contribution in [3.05, 3.63) is 53.7 Å². The van der Waals surface area contributed by atoms with Gasteiger partial charge in [-0.05, 0) is 50.8 Å². The fourth-order valence-corrected chi connectivity index (χ4v) is 5.89. The highest BCUT2D eigenvalue weighted by Gasteiger charge is 2.36. The highest BCUT2D eigenvalue weighted by molar-refractivity contribution is 7.89. The Morgan fingerprint density at radius 3 is 2.41 bits per heavy atom. The third-order valence-electron chi connectivity index (χ3n) is 5.66. The minimum atomic E-state index is -3.53. The molecule has 1 unspecified atom stereocenters. The van der Waals surface area contributed by atoms with E-state index in [1.807, 2.05) is 31.3 Å². The van der Waals surface area contributed by atoms with Gasteiger partial charge in [0.05, 0.1) is 10.9 Å². The number of aryl methyl sites for hydroxylation is 1. The second-order valence-electron chi connectivity index (χ2n) is 7.55. The Labute approximate surface area is 162 Å². The fraction of sp³-hybridized carbons (Fsp3) is 0.476. The van der Waals surface area contributed by atoms with Crippen LogP contribution < -0.4 is 4.90 Å². The summed E-state index contributed by atoms with van der Waals surface area (Å²) in [6.07, 6.45) is 6.95. The molecule has 2 saturated heterocycles. The normalized spacial score (nSPS) is 21.5. The van der Waals surface area contributed by atoms with Crippen LogP contribution in [0.25, 0.3) is 0 Å². The van der Waals surface area contributed by atoms with E-state index in [0.717, 1.165) is 49.3 Å². The van der Waals surface area contributed by atoms with E-state index in [1.165, 1.54) is 12.8 Å². The lowest BCUT2D eigenvalue weighted by Gasteiger charge is -2.36. The molecule has 0 N–H and O–H groups in total. The predicted octanol–water partition coefficient (Wildman–Crippen LogP) is 3.91. The van der Waals surface area contributed by atoms with Crippen LogP contribution in [0.1, 0.15) is 49.3 Å². The van der Waals surface area contributed by atoms with E-state index in [1.54, 1.807) is 16.4 Å². The molecule has 4 rings (SSSR count). The first kappa shape index (κ1) is 18.4. The predicted molar refractivity (Wildman–Crippen MR) is 107 cm³/mol. The molecule has 1 aromatic carbocycles. The van der Waals surface area contributed by atoms with Crippen molar-refractivity contribution in [3.63, 3.8) is 0 Å². The summed E-state index contributed by atoms with van der Waals surface area (Å²) in [7, 11) is -3.53. The molecule has 0 spiro atoms. The lowest BCUT2D eigenvalue weighted by Crippen LogP contribution is -2.39. The molecule has 0 aliphatic carbocycles. The van der Waals surface area contributed by atoms with Crippen molar-refractivity contribution in [1.29, 1.82) is 0 Å². The summed E-state index contributed by atoms with van der Waals surface area (Å²) in [6, 6.07) is 11.0. The maximum Gasteiger partial charge on any atom is 0.243 e. The number of hydrogen-bond donors (Lipinski definition) is 0. The van der Waals surface area contributed by atoms with Gasteiger partial charge in [0.25, 0.3) is 0 Å². The Morgan fingerprint density at radius 2 is 1.67 bits per heavy atom. The van der Waals surface area contributed by atoms with Crippen LogP contribution in [0.4, 0.5) is 5.82 Å². The van der Waals surface area contributed by atoms with Crippen LogP contribution in [0.15, 0.2) is 47.5 Å². The van der Waals surface area contributed by atoms with Crippen molar-refractivity contribution in [2.75, 3.05) is 24.5 Å². The largest absolute Gasteiger partial charge is 0.356 e. The van der Waals surface area contributed by atoms with Crippen LogP contribution in [-0.2, 0) is 10.0 Å². The van der Waals surface area contributed by atoms with E-state index < -0.39 is 10.0 Å². The molecule has 1 aromatic heterocycles. The lowest BCUT2D eigenvalue weighted by atomic mass is 9.97. The first-order chi connectivity index (χ1) is 13.1. The number of sulfonamides is 1. The quantitative estimate of drug-likeness (QED) is 0.801. The first-order valence-corrected chi connectivity index (χ1v) is 11.3. The van der Waals surface area contributed by atoms with Crippen LogP contribution in [-0.4, -0.2) is 37.3 Å². The van der Waals surface area contributed by atoms with Gasteiger partial charge in [0, 0.05) is 31.4 Å². The molecule has 27 heavy (non-hydrogen) atoms. The maximum absolute atomic E-state index is 13.4. The van der Waals surface area contributed by atoms with E-state index in [0.29, 0.717) is 11.4 Å². The number of piperidine rings is 1. The second kappa shape index (κ2) is 7.60. The number of anilines is 1. The van der Waals surface area contributed by atoms with Gasteiger partial charge in [0.15, 0.2) is 0 Å². The van der Waals surface area contributed by atoms with Gasteiger partial charge < -0.3 is 4.90 Å². The molecule has 0 saturated carbocycles. The van der Waals surface area contributed by atoms with Gasteiger partial charge >= 0.3 is 0 Å². The first-order valence-electron chi connectivity index (χ1n) is 9.86. The number of hydrogen-bond acceptors (Lipinski definition) is 4. The van der Waals surface area contributed by atoms with E-state index in [-0.39, 0.29) is 6.04 Å². The zero-order valence-electron chi connectivity index (χ0n) is 15.8. The van der Waals surface area contributed by atoms with Crippen LogP contribution in [0, 0.1) is 6.92 Å². The van der Waals surface area contributed by atoms with Crippen molar-refractivity contribution in [3.8, 4) is 0 Å². The van der Waals surface area contributed by atoms with Gasteiger partial charge in [-0.1, -0.05) is 30.2 Å². The molecule has 0 bridgehead atoms. The molecule has 144 valence electrons. The summed E-state index contributed by atoms with van der Waals surface area (Å²) in [5.41, 5.74) is 2.11. The summed E-state index contributed by atoms with van der Waals surface area (Å²) in [4.78, 5) is 7.33. The lowest BCUT2D eigenvalue weighted by molar-refractivity contribution is 0.256. The molecule has 5 nitrogen and oxygen atoms in total. The van der Waals surface area contributed by atoms with Gasteiger partial charge in [-0.25, -0.2) is 13.4 Å². The number of pyridine rings is 1. The number of nitrogens with zero attached hydrogens (tertiary/aromatic N) is 3. The minimum Gasteiger partial charge on any atom is -0.356 e. The highest BCUT2D eigenvalue weighted by Crippen LogP contribution is 2.39. The molecular weight excluding hydrogens is 358 g/mol. The maximum atomic E-state index is 13.4. The van der Waals surface area contributed by atoms with Gasteiger partial charge in [0.1, 0.15) is 5.82 Å². The molecule has 0 radical (unpaired) electrons. The summed E-state index contributed by atoms with van der Waals surface area (Å²) in [5, 5.41) is 0. The van der Waals surface area contributed by atoms with E-state index in [9.17, 15) is 8.42 Å². The van der Waals surface area contributed by atoms with Crippen molar-refractivity contribution in [1.82, 2.24) is 9.29 Å². The standard InChI is InChI=1S/C21H27N3O2S/c1-17-9-11-18(12-10-17)27(25,26)24-16-3-2-8-20(24)19-7-6-13-22-21(19)23-14-4-5-15-23/h6-7,9-13,20H,2-5,8,14-16H2,1H3. The molecule has 6 heteroatoms. The van der Waals surface area contributed by atoms with Crippen molar-refractivity contribution in [2.24, 2.45) is 0 Å². The van der Waals surface area contributed by atoms with Gasteiger partial charge in [-0.2, -0.15) is 4.31 Å². The SMILES string of the molecule is Cc1ccc(S(=O)(=O)N2CCCCC2c2cccnc2N2CCCC2)cc1. The zero-order chi connectivity index (χ0) is 18.9. The van der Waals surface area contributed by atoms with Crippen LogP contribution in [0.5, 0.6) is 0 Å². The van der Waals surface area contributed by atoms with Gasteiger partial charge in [-0.3, -0.25) is 0 Å². The summed E-state index contributed by atoms with van der Waals surface area (Å²) in [5.74, 6) is 0.964. The summed E-state index contributed by atoms with van der Waals surface area (Å²) < 4.78 is 28.5. The van der Waals surface area contributed by atoms with Crippen molar-refractivity contribution >= 4 is 15.8 Å². The average molecular weight is 386 g/mol. The number of benzene rings is 1. The van der Waals surface area contributed by atoms with Gasteiger partial charge in [-0.15, -0.1) is 0 Å². The van der Waals surface area contributed by atoms with Crippen LogP contribution >= 0.6 is 0 Å². The Hall–Kier alpha value is -1.92. The smallest absolute Gasteiger partial charge is 0.243 e. The molecule has 0 amide bonds. The molecule has 2 aliphatic rings. The topological polar surface area (TPSA) is 53.5 Å². The van der Waals surface area contributed by atoms with E-state index in [4.69, 9.17) is 0 Å². The Kier molecular flexibility index (Phi) is 5.19. The molecule has 2 aromatic rings. The molecular formula is C21H27N3O2S. The molecule has 3 heterocycles. The second-order valence-corrected chi connectivity index (χ2v) is 9.44. The highest BCUT2D eigenvalue weighted by atomic mass is 32.2. The third kappa shape index (κ3) is 3.60. The van der Waals surface area contributed by atoms with E-state index in [2.05, 4.69) is 16.0 Å². The van der Waals surface area contributed by atoms with E-state index >= 15 is 0 Å². The Bertz CT molecular complexity index is 890. The van der Waals surface area contributed by atoms with Crippen molar-refractivity contribution < 1.29 is 8.42 Å². The van der Waals surface area contributed by atoms with Crippen LogP contribution in [0.2, 0.25) is 0 Å². The molecule has 1 atom stereocenters. The van der Waals surface area contributed by atoms with Crippen LogP contribution in [0.3, 0.4) is 0 Å². The summed E-state index contributed by atoms with van der Waals surface area (Å²) in [6.45, 7) is 4.54. The monoisotopic (exact) mass is 385 g/mol. The number of rotatable bonds is 4.